The van der Waals surface area contributed by atoms with Gasteiger partial charge in [-0.2, -0.15) is 0 Å². The molecule has 0 spiro atoms. The summed E-state index contributed by atoms with van der Waals surface area (Å²) < 4.78 is 5.96. The van der Waals surface area contributed by atoms with Crippen molar-refractivity contribution in [2.24, 2.45) is 28.6 Å². The van der Waals surface area contributed by atoms with E-state index in [-0.39, 0.29) is 10.8 Å². The minimum absolute atomic E-state index is 0.0138. The van der Waals surface area contributed by atoms with Crippen LogP contribution in [0.15, 0.2) is 11.6 Å². The molecule has 4 aliphatic rings. The van der Waals surface area contributed by atoms with E-state index in [2.05, 4.69) is 19.9 Å². The number of methoxy groups -OCH3 is 1. The third-order valence-electron chi connectivity index (χ3n) is 8.11. The summed E-state index contributed by atoms with van der Waals surface area (Å²) in [4.78, 5) is 12.4. The van der Waals surface area contributed by atoms with Crippen molar-refractivity contribution in [3.05, 3.63) is 11.6 Å². The summed E-state index contributed by atoms with van der Waals surface area (Å²) >= 11 is 0. The van der Waals surface area contributed by atoms with Crippen LogP contribution in [-0.4, -0.2) is 19.0 Å². The Balaban J connectivity index is 1.73. The average molecular weight is 302 g/mol. The normalized spacial score (nSPS) is 50.9. The summed E-state index contributed by atoms with van der Waals surface area (Å²) in [5, 5.41) is 0. The van der Waals surface area contributed by atoms with Crippen molar-refractivity contribution >= 4 is 5.78 Å². The first-order valence-corrected chi connectivity index (χ1v) is 9.27. The largest absolute Gasteiger partial charge is 0.381 e. The average Bonchev–Trinajstić information content (AvgIpc) is 2.82. The van der Waals surface area contributed by atoms with Gasteiger partial charge in [-0.3, -0.25) is 4.79 Å². The molecule has 2 nitrogen and oxygen atoms in total. The second-order valence-electron chi connectivity index (χ2n) is 8.66. The highest BCUT2D eigenvalue weighted by Crippen LogP contribution is 2.64. The molecule has 0 bridgehead atoms. The van der Waals surface area contributed by atoms with Crippen LogP contribution in [0, 0.1) is 28.6 Å². The Bertz CT molecular complexity index is 522. The monoisotopic (exact) mass is 302 g/mol. The predicted octanol–water partition coefficient (Wildman–Crippen LogP) is 4.53. The number of Topliss-reactive ketones (excluding diaryl/α,β-unsaturated/α-hetero) is 1. The van der Waals surface area contributed by atoms with Gasteiger partial charge < -0.3 is 4.74 Å². The highest BCUT2D eigenvalue weighted by atomic mass is 16.5. The Kier molecular flexibility index (Phi) is 3.35. The SMILES string of the molecule is COC1CCCC2=CC[C@H]3[C@@H]4CCC(=O)[C@@]4(C)CC[C@@H]3[C@]21C. The molecule has 2 heteroatoms. The van der Waals surface area contributed by atoms with Crippen LogP contribution in [-0.2, 0) is 9.53 Å². The fraction of sp³-hybridized carbons (Fsp3) is 0.850. The number of ether oxygens (including phenoxy) is 1. The van der Waals surface area contributed by atoms with Gasteiger partial charge in [0.1, 0.15) is 5.78 Å². The van der Waals surface area contributed by atoms with E-state index in [0.717, 1.165) is 25.2 Å². The molecule has 0 radical (unpaired) electrons. The van der Waals surface area contributed by atoms with Gasteiger partial charge in [-0.1, -0.05) is 25.5 Å². The zero-order chi connectivity index (χ0) is 15.5. The highest BCUT2D eigenvalue weighted by molar-refractivity contribution is 5.87. The van der Waals surface area contributed by atoms with Gasteiger partial charge in [-0.25, -0.2) is 0 Å². The molecule has 0 aromatic heterocycles. The lowest BCUT2D eigenvalue weighted by atomic mass is 9.47. The Labute approximate surface area is 134 Å². The van der Waals surface area contributed by atoms with Crippen LogP contribution in [0.2, 0.25) is 0 Å². The Morgan fingerprint density at radius 1 is 1.14 bits per heavy atom. The minimum Gasteiger partial charge on any atom is -0.381 e. The second kappa shape index (κ2) is 4.93. The van der Waals surface area contributed by atoms with Crippen molar-refractivity contribution in [2.75, 3.05) is 7.11 Å². The molecule has 0 N–H and O–H groups in total. The molecule has 0 aromatic rings. The molecule has 122 valence electrons. The van der Waals surface area contributed by atoms with Crippen molar-refractivity contribution in [1.82, 2.24) is 0 Å². The fourth-order valence-electron chi connectivity index (χ4n) is 6.83. The lowest BCUT2D eigenvalue weighted by molar-refractivity contribution is -0.135. The summed E-state index contributed by atoms with van der Waals surface area (Å²) in [5.41, 5.74) is 1.88. The molecule has 0 aromatic carbocycles. The second-order valence-corrected chi connectivity index (χ2v) is 8.66. The van der Waals surface area contributed by atoms with Crippen molar-refractivity contribution in [1.29, 1.82) is 0 Å². The number of allylic oxidation sites excluding steroid dienone is 1. The van der Waals surface area contributed by atoms with Gasteiger partial charge in [0.15, 0.2) is 0 Å². The molecular formula is C20H30O2. The van der Waals surface area contributed by atoms with E-state index < -0.39 is 0 Å². The van der Waals surface area contributed by atoms with E-state index in [1.54, 1.807) is 5.57 Å². The Morgan fingerprint density at radius 2 is 1.95 bits per heavy atom. The quantitative estimate of drug-likeness (QED) is 0.665. The van der Waals surface area contributed by atoms with Gasteiger partial charge in [-0.15, -0.1) is 0 Å². The standard InChI is InChI=1S/C20H30O2/c1-19-12-11-16-14(15(19)9-10-17(19)21)8-7-13-5-4-6-18(22-3)20(13,16)2/h7,14-16,18H,4-6,8-12H2,1-3H3/t14-,15-,16-,18?,19-,20-/m0/s1. The van der Waals surface area contributed by atoms with Gasteiger partial charge in [0.25, 0.3) is 0 Å². The number of carbonyl (C=O) groups is 1. The minimum atomic E-state index is -0.0138. The van der Waals surface area contributed by atoms with Crippen molar-refractivity contribution < 1.29 is 9.53 Å². The van der Waals surface area contributed by atoms with Gasteiger partial charge in [0.2, 0.25) is 0 Å². The van der Waals surface area contributed by atoms with Crippen LogP contribution in [0.1, 0.15) is 65.2 Å². The Morgan fingerprint density at radius 3 is 2.73 bits per heavy atom. The van der Waals surface area contributed by atoms with Crippen LogP contribution in [0.25, 0.3) is 0 Å². The Hall–Kier alpha value is -0.630. The van der Waals surface area contributed by atoms with E-state index in [0.29, 0.717) is 23.7 Å². The summed E-state index contributed by atoms with van der Waals surface area (Å²) in [6.07, 6.45) is 12.2. The number of hydrogen-bond donors (Lipinski definition) is 0. The molecule has 4 aliphatic carbocycles. The summed E-state index contributed by atoms with van der Waals surface area (Å²) in [5.74, 6) is 2.59. The van der Waals surface area contributed by atoms with E-state index in [9.17, 15) is 4.79 Å². The number of rotatable bonds is 1. The van der Waals surface area contributed by atoms with Crippen molar-refractivity contribution in [3.63, 3.8) is 0 Å². The molecule has 1 unspecified atom stereocenters. The topological polar surface area (TPSA) is 26.3 Å². The van der Waals surface area contributed by atoms with Gasteiger partial charge >= 0.3 is 0 Å². The van der Waals surface area contributed by atoms with Crippen LogP contribution < -0.4 is 0 Å². The van der Waals surface area contributed by atoms with Crippen molar-refractivity contribution in [3.8, 4) is 0 Å². The summed E-state index contributed by atoms with van der Waals surface area (Å²) in [6.45, 7) is 4.74. The maximum absolute atomic E-state index is 12.4. The maximum Gasteiger partial charge on any atom is 0.139 e. The molecule has 6 atom stereocenters. The summed E-state index contributed by atoms with van der Waals surface area (Å²) in [6, 6.07) is 0. The predicted molar refractivity (Wildman–Crippen MR) is 87.5 cm³/mol. The third-order valence-corrected chi connectivity index (χ3v) is 8.11. The lowest BCUT2D eigenvalue weighted by Crippen LogP contribution is -2.54. The third kappa shape index (κ3) is 1.74. The smallest absolute Gasteiger partial charge is 0.139 e. The summed E-state index contributed by atoms with van der Waals surface area (Å²) in [7, 11) is 1.90. The number of ketones is 1. The van der Waals surface area contributed by atoms with E-state index in [4.69, 9.17) is 4.74 Å². The van der Waals surface area contributed by atoms with E-state index in [1.165, 1.54) is 32.1 Å². The number of hydrogen-bond acceptors (Lipinski definition) is 2. The number of fused-ring (bicyclic) bond motifs is 5. The first kappa shape index (κ1) is 14.9. The zero-order valence-corrected chi connectivity index (χ0v) is 14.4. The van der Waals surface area contributed by atoms with E-state index in [1.807, 2.05) is 7.11 Å². The number of carbonyl (C=O) groups excluding carboxylic acids is 1. The molecule has 0 amide bonds. The molecule has 0 aliphatic heterocycles. The van der Waals surface area contributed by atoms with Crippen molar-refractivity contribution in [2.45, 2.75) is 71.3 Å². The van der Waals surface area contributed by atoms with Crippen LogP contribution in [0.3, 0.4) is 0 Å². The molecule has 4 rings (SSSR count). The molecule has 3 saturated carbocycles. The zero-order valence-electron chi connectivity index (χ0n) is 14.4. The molecule has 0 saturated heterocycles. The first-order valence-electron chi connectivity index (χ1n) is 9.27. The molecule has 0 heterocycles. The molecular weight excluding hydrogens is 272 g/mol. The fourth-order valence-corrected chi connectivity index (χ4v) is 6.83. The molecule has 3 fully saturated rings. The lowest BCUT2D eigenvalue weighted by Gasteiger charge is -2.58. The maximum atomic E-state index is 12.4. The van der Waals surface area contributed by atoms with Gasteiger partial charge in [0, 0.05) is 24.4 Å². The van der Waals surface area contributed by atoms with Crippen LogP contribution in [0.5, 0.6) is 0 Å². The highest BCUT2D eigenvalue weighted by Gasteiger charge is 2.60. The van der Waals surface area contributed by atoms with Gasteiger partial charge in [-0.05, 0) is 62.7 Å². The first-order chi connectivity index (χ1) is 10.5. The van der Waals surface area contributed by atoms with Crippen LogP contribution >= 0.6 is 0 Å². The van der Waals surface area contributed by atoms with E-state index >= 15 is 0 Å². The van der Waals surface area contributed by atoms with Crippen LogP contribution in [0.4, 0.5) is 0 Å². The van der Waals surface area contributed by atoms with Gasteiger partial charge in [0.05, 0.1) is 6.10 Å². The molecule has 22 heavy (non-hydrogen) atoms.